The maximum atomic E-state index is 12.0. The van der Waals surface area contributed by atoms with E-state index in [0.717, 1.165) is 58.3 Å². The second-order valence-corrected chi connectivity index (χ2v) is 21.6. The van der Waals surface area contributed by atoms with Crippen LogP contribution in [0.25, 0.3) is 0 Å². The first-order valence-electron chi connectivity index (χ1n) is 20.8. The van der Waals surface area contributed by atoms with E-state index in [1.807, 2.05) is 6.92 Å². The molecule has 3 N–H and O–H groups in total. The third-order valence-corrected chi connectivity index (χ3v) is 19.0. The number of hydrogen-bond acceptors (Lipinski definition) is 4. The standard InChI is InChI=1S/C44H70N2O4S/c1-29(2)32-13-22-44(45-25-28-46-26-16-31(17-27-46)51(49)50)24-23-42(7)34(37(32)44)9-10-36-41(6)20-14-33(30-11-18-40(5,19-12-30)38(47)48)39(3,4)35(41)15-21-43(36,42)8/h11,14,31-32,34-37,45H,1,9-10,12-13,15-28H2,2-8H3,(H,47,48)(H,49,50)/t32-,34+,35-,36+,37+,40?,41-,42+,43+,44-/m0/s1. The summed E-state index contributed by atoms with van der Waals surface area (Å²) >= 11 is -1.69. The highest BCUT2D eigenvalue weighted by Crippen LogP contribution is 2.76. The van der Waals surface area contributed by atoms with Crippen molar-refractivity contribution in [3.8, 4) is 0 Å². The van der Waals surface area contributed by atoms with Crippen LogP contribution in [0.4, 0.5) is 0 Å². The summed E-state index contributed by atoms with van der Waals surface area (Å²) in [7, 11) is 0. The highest BCUT2D eigenvalue weighted by Gasteiger charge is 2.70. The van der Waals surface area contributed by atoms with Gasteiger partial charge in [0.1, 0.15) is 0 Å². The second-order valence-electron chi connectivity index (χ2n) is 20.4. The van der Waals surface area contributed by atoms with Gasteiger partial charge in [0.15, 0.2) is 11.1 Å². The van der Waals surface area contributed by atoms with Crippen LogP contribution in [0.15, 0.2) is 35.5 Å². The minimum absolute atomic E-state index is 0.0579. The molecule has 7 aliphatic rings. The zero-order valence-electron chi connectivity index (χ0n) is 33.1. The van der Waals surface area contributed by atoms with E-state index in [2.05, 4.69) is 70.5 Å². The molecule has 11 atom stereocenters. The molecule has 0 amide bonds. The maximum absolute atomic E-state index is 12.0. The van der Waals surface area contributed by atoms with Crippen LogP contribution < -0.4 is 5.32 Å². The molecule has 51 heavy (non-hydrogen) atoms. The summed E-state index contributed by atoms with van der Waals surface area (Å²) in [5.41, 5.74) is 4.88. The van der Waals surface area contributed by atoms with Gasteiger partial charge >= 0.3 is 5.97 Å². The van der Waals surface area contributed by atoms with Crippen LogP contribution >= 0.6 is 0 Å². The van der Waals surface area contributed by atoms with Crippen LogP contribution in [0.3, 0.4) is 0 Å². The van der Waals surface area contributed by atoms with Crippen molar-refractivity contribution in [3.63, 3.8) is 0 Å². The molecule has 0 aromatic carbocycles. The fourth-order valence-electron chi connectivity index (χ4n) is 14.8. The molecule has 0 aromatic heterocycles. The second kappa shape index (κ2) is 13.2. The molecule has 5 fully saturated rings. The van der Waals surface area contributed by atoms with Crippen LogP contribution in [0, 0.1) is 56.7 Å². The molecule has 1 heterocycles. The Hall–Kier alpha value is -1.28. The molecule has 0 aromatic rings. The monoisotopic (exact) mass is 723 g/mol. The molecule has 6 aliphatic carbocycles. The average Bonchev–Trinajstić information content (AvgIpc) is 3.46. The number of nitrogens with one attached hydrogen (secondary N) is 1. The molecule has 0 spiro atoms. The van der Waals surface area contributed by atoms with Crippen LogP contribution in [-0.2, 0) is 15.9 Å². The largest absolute Gasteiger partial charge is 0.481 e. The number of carbonyl (C=O) groups is 1. The molecular weight excluding hydrogens is 653 g/mol. The fraction of sp³-hybridized carbons (Fsp3) is 0.841. The number of nitrogens with zero attached hydrogens (tertiary/aromatic N) is 1. The van der Waals surface area contributed by atoms with Crippen LogP contribution in [0.1, 0.15) is 138 Å². The Kier molecular flexibility index (Phi) is 9.83. The minimum Gasteiger partial charge on any atom is -0.481 e. The molecule has 2 unspecified atom stereocenters. The summed E-state index contributed by atoms with van der Waals surface area (Å²) in [4.78, 5) is 14.5. The Morgan fingerprint density at radius 2 is 1.63 bits per heavy atom. The third-order valence-electron chi connectivity index (χ3n) is 18.0. The summed E-state index contributed by atoms with van der Waals surface area (Å²) in [6.07, 6.45) is 20.3. The van der Waals surface area contributed by atoms with Crippen LogP contribution in [0.5, 0.6) is 0 Å². The van der Waals surface area contributed by atoms with E-state index in [-0.39, 0.29) is 21.6 Å². The summed E-state index contributed by atoms with van der Waals surface area (Å²) < 4.78 is 21.2. The normalized spacial score (nSPS) is 46.1. The van der Waals surface area contributed by atoms with Gasteiger partial charge in [0.05, 0.1) is 10.7 Å². The van der Waals surface area contributed by atoms with E-state index >= 15 is 0 Å². The van der Waals surface area contributed by atoms with Crippen molar-refractivity contribution in [2.75, 3.05) is 26.2 Å². The van der Waals surface area contributed by atoms with E-state index < -0.39 is 22.5 Å². The van der Waals surface area contributed by atoms with Crippen molar-refractivity contribution in [2.24, 2.45) is 56.7 Å². The average molecular weight is 723 g/mol. The molecule has 1 saturated heterocycles. The Bertz CT molecular complexity index is 1490. The zero-order valence-corrected chi connectivity index (χ0v) is 33.9. The van der Waals surface area contributed by atoms with Crippen molar-refractivity contribution in [1.29, 1.82) is 0 Å². The van der Waals surface area contributed by atoms with Gasteiger partial charge in [-0.2, -0.15) is 0 Å². The van der Waals surface area contributed by atoms with E-state index in [1.165, 1.54) is 68.1 Å². The fourth-order valence-corrected chi connectivity index (χ4v) is 15.4. The number of aliphatic carboxylic acids is 1. The SMILES string of the molecule is C=C(C)[C@@H]1CC[C@]2(NCCN3CCC(S(=O)O)CC3)CC[C@]3(C)[C@H](CC[C@@H]4[C@@]5(C)CC=C(C6=CCC(C)(C(=O)O)CC6)C(C)(C)[C@@H]5CC[C@]43C)[C@@H]12. The number of fused-ring (bicyclic) bond motifs is 7. The third kappa shape index (κ3) is 5.86. The van der Waals surface area contributed by atoms with Gasteiger partial charge in [-0.15, -0.1) is 0 Å². The number of carboxylic acids is 1. The Morgan fingerprint density at radius 3 is 2.25 bits per heavy atom. The summed E-state index contributed by atoms with van der Waals surface area (Å²) in [5, 5.41) is 14.1. The summed E-state index contributed by atoms with van der Waals surface area (Å²) in [6, 6.07) is 0. The van der Waals surface area contributed by atoms with Gasteiger partial charge in [-0.3, -0.25) is 4.79 Å². The Morgan fingerprint density at radius 1 is 0.902 bits per heavy atom. The molecule has 1 aliphatic heterocycles. The molecule has 4 saturated carbocycles. The van der Waals surface area contributed by atoms with Gasteiger partial charge in [-0.05, 0) is 179 Å². The zero-order chi connectivity index (χ0) is 36.8. The highest BCUT2D eigenvalue weighted by molar-refractivity contribution is 7.79. The summed E-state index contributed by atoms with van der Waals surface area (Å²) in [6.45, 7) is 25.9. The summed E-state index contributed by atoms with van der Waals surface area (Å²) in [5.74, 6) is 2.63. The molecule has 0 radical (unpaired) electrons. The van der Waals surface area contributed by atoms with E-state index in [1.54, 1.807) is 0 Å². The van der Waals surface area contributed by atoms with Crippen LogP contribution in [0.2, 0.25) is 0 Å². The molecule has 0 bridgehead atoms. The predicted octanol–water partition coefficient (Wildman–Crippen LogP) is 9.41. The topological polar surface area (TPSA) is 89.9 Å². The van der Waals surface area contributed by atoms with E-state index in [4.69, 9.17) is 0 Å². The molecular formula is C44H70N2O4S. The van der Waals surface area contributed by atoms with Gasteiger partial charge in [-0.25, -0.2) is 4.21 Å². The van der Waals surface area contributed by atoms with Crippen LogP contribution in [-0.4, -0.2) is 61.7 Å². The van der Waals surface area contributed by atoms with E-state index in [0.29, 0.717) is 46.8 Å². The van der Waals surface area contributed by atoms with Gasteiger partial charge < -0.3 is 19.9 Å². The van der Waals surface area contributed by atoms with Gasteiger partial charge in [0.25, 0.3) is 0 Å². The highest BCUT2D eigenvalue weighted by atomic mass is 32.2. The first kappa shape index (κ1) is 38.0. The lowest BCUT2D eigenvalue weighted by Gasteiger charge is -2.72. The van der Waals surface area contributed by atoms with Crippen molar-refractivity contribution in [1.82, 2.24) is 10.2 Å². The number of allylic oxidation sites excluding steroid dienone is 5. The maximum Gasteiger partial charge on any atom is 0.309 e. The minimum atomic E-state index is -1.69. The lowest BCUT2D eigenvalue weighted by molar-refractivity contribution is -0.221. The van der Waals surface area contributed by atoms with Gasteiger partial charge in [-0.1, -0.05) is 58.9 Å². The molecule has 7 rings (SSSR count). The van der Waals surface area contributed by atoms with Crippen molar-refractivity contribution in [3.05, 3.63) is 35.5 Å². The first-order chi connectivity index (χ1) is 23.9. The number of piperidine rings is 1. The molecule has 286 valence electrons. The Balaban J connectivity index is 1.12. The lowest BCUT2D eigenvalue weighted by atomic mass is 9.33. The number of rotatable bonds is 8. The van der Waals surface area contributed by atoms with Gasteiger partial charge in [0, 0.05) is 18.6 Å². The van der Waals surface area contributed by atoms with E-state index in [9.17, 15) is 18.7 Å². The van der Waals surface area contributed by atoms with Crippen molar-refractivity contribution in [2.45, 2.75) is 149 Å². The first-order valence-corrected chi connectivity index (χ1v) is 21.9. The lowest BCUT2D eigenvalue weighted by Crippen LogP contribution is -2.68. The van der Waals surface area contributed by atoms with Gasteiger partial charge in [0.2, 0.25) is 0 Å². The quantitative estimate of drug-likeness (QED) is 0.171. The van der Waals surface area contributed by atoms with Crippen molar-refractivity contribution < 1.29 is 18.7 Å². The molecule has 7 heteroatoms. The number of hydrogen-bond donors (Lipinski definition) is 3. The smallest absolute Gasteiger partial charge is 0.309 e. The Labute approximate surface area is 312 Å². The predicted molar refractivity (Wildman–Crippen MR) is 209 cm³/mol. The number of carboxylic acid groups (broad SMARTS) is 1. The number of likely N-dealkylation sites (tertiary alicyclic amines) is 1. The van der Waals surface area contributed by atoms with Crippen molar-refractivity contribution >= 4 is 17.0 Å². The molecule has 6 nitrogen and oxygen atoms in total.